The zero-order valence-electron chi connectivity index (χ0n) is 15.4. The summed E-state index contributed by atoms with van der Waals surface area (Å²) in [6.07, 6.45) is 0. The molecule has 4 aromatic rings. The highest BCUT2D eigenvalue weighted by Crippen LogP contribution is 2.47. The lowest BCUT2D eigenvalue weighted by Crippen LogP contribution is -2.24. The molecular formula is C22H15N3O4. The van der Waals surface area contributed by atoms with E-state index in [-0.39, 0.29) is 17.1 Å². The number of nitro groups is 1. The highest BCUT2D eigenvalue weighted by atomic mass is 16.6. The molecule has 2 heterocycles. The number of aromatic amines is 1. The van der Waals surface area contributed by atoms with Gasteiger partial charge in [-0.25, -0.2) is 0 Å². The molecule has 0 bridgehead atoms. The highest BCUT2D eigenvalue weighted by Gasteiger charge is 2.33. The summed E-state index contributed by atoms with van der Waals surface area (Å²) in [5.41, 5.74) is 1.69. The van der Waals surface area contributed by atoms with Crippen LogP contribution in [0.25, 0.3) is 10.8 Å². The SMILES string of the molecule is Cc1nc2c(c(=O)[nH]1)C(c1ccc([N+](=O)[O-])cc1)c1ccc3ccccc3c1O2. The molecule has 1 aliphatic heterocycles. The van der Waals surface area contributed by atoms with Crippen molar-refractivity contribution >= 4 is 16.5 Å². The van der Waals surface area contributed by atoms with E-state index in [1.807, 2.05) is 36.4 Å². The van der Waals surface area contributed by atoms with Crippen molar-refractivity contribution in [2.75, 3.05) is 0 Å². The first-order valence-corrected chi connectivity index (χ1v) is 9.07. The monoisotopic (exact) mass is 385 g/mol. The van der Waals surface area contributed by atoms with Gasteiger partial charge in [0, 0.05) is 29.0 Å². The number of benzene rings is 3. The molecule has 0 spiro atoms. The number of H-pyrrole nitrogens is 1. The third-order valence-electron chi connectivity index (χ3n) is 5.18. The number of non-ortho nitro benzene ring substituents is 1. The Morgan fingerprint density at radius 1 is 1.07 bits per heavy atom. The Hall–Kier alpha value is -4.00. The summed E-state index contributed by atoms with van der Waals surface area (Å²) in [4.78, 5) is 30.6. The first-order valence-electron chi connectivity index (χ1n) is 9.07. The number of nitro benzene ring substituents is 1. The van der Waals surface area contributed by atoms with E-state index in [4.69, 9.17) is 4.74 Å². The second-order valence-corrected chi connectivity index (χ2v) is 6.96. The van der Waals surface area contributed by atoms with Gasteiger partial charge in [0.2, 0.25) is 5.88 Å². The lowest BCUT2D eigenvalue weighted by atomic mass is 9.83. The standard InChI is InChI=1S/C22H15N3O4/c1-12-23-21(26)19-18(14-6-9-15(10-7-14)25(27)28)17-11-8-13-4-2-3-5-16(13)20(17)29-22(19)24-12/h2-11,18H,1H3,(H,23,24,26). The molecule has 0 aliphatic carbocycles. The topological polar surface area (TPSA) is 98.1 Å². The molecule has 1 atom stereocenters. The minimum absolute atomic E-state index is 0.00397. The van der Waals surface area contributed by atoms with Gasteiger partial charge in [0.15, 0.2) is 0 Å². The van der Waals surface area contributed by atoms with Crippen LogP contribution in [0.4, 0.5) is 5.69 Å². The quantitative estimate of drug-likeness (QED) is 0.358. The smallest absolute Gasteiger partial charge is 0.269 e. The van der Waals surface area contributed by atoms with Crippen LogP contribution in [0.3, 0.4) is 0 Å². The van der Waals surface area contributed by atoms with E-state index in [1.54, 1.807) is 19.1 Å². The molecule has 7 nitrogen and oxygen atoms in total. The van der Waals surface area contributed by atoms with Gasteiger partial charge < -0.3 is 9.72 Å². The molecule has 1 N–H and O–H groups in total. The fourth-order valence-corrected chi connectivity index (χ4v) is 3.89. The van der Waals surface area contributed by atoms with Gasteiger partial charge in [0.05, 0.1) is 10.5 Å². The van der Waals surface area contributed by atoms with Gasteiger partial charge >= 0.3 is 0 Å². The van der Waals surface area contributed by atoms with Crippen LogP contribution in [0.1, 0.15) is 28.4 Å². The zero-order valence-corrected chi connectivity index (χ0v) is 15.4. The van der Waals surface area contributed by atoms with Crippen molar-refractivity contribution in [1.29, 1.82) is 0 Å². The molecule has 0 saturated carbocycles. The van der Waals surface area contributed by atoms with Crippen molar-refractivity contribution < 1.29 is 9.66 Å². The number of ether oxygens (including phenoxy) is 1. The Labute approximate surface area is 164 Å². The van der Waals surface area contributed by atoms with E-state index < -0.39 is 10.8 Å². The van der Waals surface area contributed by atoms with Crippen molar-refractivity contribution in [3.05, 3.63) is 104 Å². The zero-order chi connectivity index (χ0) is 20.1. The second-order valence-electron chi connectivity index (χ2n) is 6.96. The van der Waals surface area contributed by atoms with E-state index in [0.29, 0.717) is 17.1 Å². The van der Waals surface area contributed by atoms with Crippen LogP contribution >= 0.6 is 0 Å². The lowest BCUT2D eigenvalue weighted by Gasteiger charge is -2.28. The molecule has 1 unspecified atom stereocenters. The molecule has 7 heteroatoms. The summed E-state index contributed by atoms with van der Waals surface area (Å²) in [5, 5.41) is 13.0. The number of nitrogens with one attached hydrogen (secondary N) is 1. The van der Waals surface area contributed by atoms with Crippen LogP contribution in [0, 0.1) is 17.0 Å². The minimum atomic E-state index is -0.448. The normalized spacial score (nSPS) is 14.7. The van der Waals surface area contributed by atoms with Gasteiger partial charge in [-0.15, -0.1) is 0 Å². The van der Waals surface area contributed by atoms with E-state index >= 15 is 0 Å². The van der Waals surface area contributed by atoms with Gasteiger partial charge in [-0.1, -0.05) is 48.5 Å². The molecule has 0 amide bonds. The number of aromatic nitrogens is 2. The third kappa shape index (κ3) is 2.67. The summed E-state index contributed by atoms with van der Waals surface area (Å²) >= 11 is 0. The Bertz CT molecular complexity index is 1340. The van der Waals surface area contributed by atoms with Gasteiger partial charge in [0.1, 0.15) is 11.6 Å². The molecule has 1 aliphatic rings. The van der Waals surface area contributed by atoms with Crippen molar-refractivity contribution in [2.24, 2.45) is 0 Å². The van der Waals surface area contributed by atoms with Gasteiger partial charge in [0.25, 0.3) is 11.2 Å². The summed E-state index contributed by atoms with van der Waals surface area (Å²) in [6, 6.07) is 18.0. The summed E-state index contributed by atoms with van der Waals surface area (Å²) in [6.45, 7) is 1.70. The minimum Gasteiger partial charge on any atom is -0.437 e. The number of fused-ring (bicyclic) bond motifs is 4. The fraction of sp³-hybridized carbons (Fsp3) is 0.0909. The number of hydrogen-bond donors (Lipinski definition) is 1. The van der Waals surface area contributed by atoms with E-state index in [9.17, 15) is 14.9 Å². The predicted octanol–water partition coefficient (Wildman–Crippen LogP) is 4.43. The van der Waals surface area contributed by atoms with Gasteiger partial charge in [-0.05, 0) is 17.9 Å². The van der Waals surface area contributed by atoms with Crippen molar-refractivity contribution in [1.82, 2.24) is 9.97 Å². The largest absolute Gasteiger partial charge is 0.437 e. The van der Waals surface area contributed by atoms with Crippen LogP contribution in [0.15, 0.2) is 65.5 Å². The average Bonchev–Trinajstić information content (AvgIpc) is 2.72. The average molecular weight is 385 g/mol. The molecule has 0 fully saturated rings. The summed E-state index contributed by atoms with van der Waals surface area (Å²) in [7, 11) is 0. The van der Waals surface area contributed by atoms with Crippen molar-refractivity contribution in [3.63, 3.8) is 0 Å². The molecule has 0 saturated heterocycles. The molecular weight excluding hydrogens is 370 g/mol. The Balaban J connectivity index is 1.81. The van der Waals surface area contributed by atoms with Gasteiger partial charge in [-0.2, -0.15) is 4.98 Å². The van der Waals surface area contributed by atoms with Crippen molar-refractivity contribution in [3.8, 4) is 11.6 Å². The molecule has 5 rings (SSSR count). The van der Waals surface area contributed by atoms with Crippen LogP contribution < -0.4 is 10.3 Å². The van der Waals surface area contributed by atoms with Crippen molar-refractivity contribution in [2.45, 2.75) is 12.8 Å². The van der Waals surface area contributed by atoms with E-state index in [0.717, 1.165) is 21.9 Å². The van der Waals surface area contributed by atoms with Gasteiger partial charge in [-0.3, -0.25) is 14.9 Å². The first kappa shape index (κ1) is 17.1. The van der Waals surface area contributed by atoms with E-state index in [2.05, 4.69) is 9.97 Å². The van der Waals surface area contributed by atoms with Crippen LogP contribution in [-0.4, -0.2) is 14.9 Å². The number of hydrogen-bond acceptors (Lipinski definition) is 5. The number of nitrogens with zero attached hydrogens (tertiary/aromatic N) is 2. The number of aryl methyl sites for hydroxylation is 1. The Morgan fingerprint density at radius 2 is 1.83 bits per heavy atom. The third-order valence-corrected chi connectivity index (χ3v) is 5.18. The predicted molar refractivity (Wildman–Crippen MR) is 108 cm³/mol. The maximum absolute atomic E-state index is 12.8. The van der Waals surface area contributed by atoms with Crippen LogP contribution in [-0.2, 0) is 0 Å². The maximum atomic E-state index is 12.8. The fourth-order valence-electron chi connectivity index (χ4n) is 3.89. The second kappa shape index (κ2) is 6.27. The Kier molecular flexibility index (Phi) is 3.70. The summed E-state index contributed by atoms with van der Waals surface area (Å²) < 4.78 is 6.13. The molecule has 3 aromatic carbocycles. The maximum Gasteiger partial charge on any atom is 0.269 e. The number of rotatable bonds is 2. The lowest BCUT2D eigenvalue weighted by molar-refractivity contribution is -0.384. The highest BCUT2D eigenvalue weighted by molar-refractivity contribution is 5.91. The Morgan fingerprint density at radius 3 is 2.59 bits per heavy atom. The van der Waals surface area contributed by atoms with Crippen LogP contribution in [0.2, 0.25) is 0 Å². The molecule has 1 aromatic heterocycles. The van der Waals surface area contributed by atoms with Crippen LogP contribution in [0.5, 0.6) is 11.6 Å². The molecule has 29 heavy (non-hydrogen) atoms. The van der Waals surface area contributed by atoms with E-state index in [1.165, 1.54) is 12.1 Å². The molecule has 142 valence electrons. The molecule has 0 radical (unpaired) electrons. The first-order chi connectivity index (χ1) is 14.0. The summed E-state index contributed by atoms with van der Waals surface area (Å²) in [5.74, 6) is 0.922.